The van der Waals surface area contributed by atoms with Gasteiger partial charge in [0.05, 0.1) is 0 Å². The van der Waals surface area contributed by atoms with Crippen LogP contribution in [0.15, 0.2) is 6.07 Å². The molecule has 0 unspecified atom stereocenters. The topological polar surface area (TPSA) is 96.4 Å². The van der Waals surface area contributed by atoms with Gasteiger partial charge in [-0.3, -0.25) is 0 Å². The summed E-state index contributed by atoms with van der Waals surface area (Å²) in [5.74, 6) is -2.98. The molecule has 0 amide bonds. The van der Waals surface area contributed by atoms with E-state index in [0.717, 1.165) is 6.07 Å². The smallest absolute Gasteiger partial charge is 0.339 e. The molecule has 0 radical (unpaired) electrons. The zero-order valence-corrected chi connectivity index (χ0v) is 6.74. The second kappa shape index (κ2) is 3.44. The highest BCUT2D eigenvalue weighted by atomic mass is 19.3. The van der Waals surface area contributed by atoms with Crippen molar-refractivity contribution >= 4 is 11.8 Å². The van der Waals surface area contributed by atoms with E-state index in [1.165, 1.54) is 0 Å². The number of aromatic nitrogens is 1. The van der Waals surface area contributed by atoms with Crippen molar-refractivity contribution in [1.82, 2.24) is 4.98 Å². The number of pyridine rings is 1. The molecule has 1 heterocycles. The highest BCUT2D eigenvalue weighted by Crippen LogP contribution is 2.30. The van der Waals surface area contributed by atoms with E-state index in [9.17, 15) is 13.6 Å². The Morgan fingerprint density at radius 2 is 2.14 bits per heavy atom. The maximum Gasteiger partial charge on any atom is 0.339 e. The molecule has 0 spiro atoms. The van der Waals surface area contributed by atoms with Gasteiger partial charge >= 0.3 is 5.97 Å². The molecule has 0 aliphatic carbocycles. The second-order valence-electron chi connectivity index (χ2n) is 2.43. The van der Waals surface area contributed by atoms with Crippen molar-refractivity contribution in [3.05, 3.63) is 17.3 Å². The molecule has 14 heavy (non-hydrogen) atoms. The number of alkyl halides is 2. The lowest BCUT2D eigenvalue weighted by Crippen LogP contribution is -2.04. The standard InChI is InChI=1S/C7H6F2N2O3/c8-6(9)4-5(12)2(7(13)14)1-3(10)11-4/h1,6,12H,(H2,10,11)(H,13,14). The number of aromatic carboxylic acids is 1. The van der Waals surface area contributed by atoms with Crippen LogP contribution in [0.5, 0.6) is 5.75 Å². The van der Waals surface area contributed by atoms with Crippen LogP contribution >= 0.6 is 0 Å². The molecule has 5 nitrogen and oxygen atoms in total. The first kappa shape index (κ1) is 10.2. The minimum Gasteiger partial charge on any atom is -0.505 e. The quantitative estimate of drug-likeness (QED) is 0.667. The molecule has 0 aromatic carbocycles. The number of rotatable bonds is 2. The number of aromatic hydroxyl groups is 1. The molecule has 0 aliphatic rings. The zero-order chi connectivity index (χ0) is 10.9. The van der Waals surface area contributed by atoms with Gasteiger partial charge in [0.25, 0.3) is 6.43 Å². The minimum atomic E-state index is -3.07. The number of nitrogens with zero attached hydrogens (tertiary/aromatic N) is 1. The molecule has 76 valence electrons. The van der Waals surface area contributed by atoms with Crippen LogP contribution < -0.4 is 5.73 Å². The maximum absolute atomic E-state index is 12.2. The van der Waals surface area contributed by atoms with E-state index in [4.69, 9.17) is 15.9 Å². The van der Waals surface area contributed by atoms with Crippen molar-refractivity contribution < 1.29 is 23.8 Å². The summed E-state index contributed by atoms with van der Waals surface area (Å²) in [6.45, 7) is 0. The summed E-state index contributed by atoms with van der Waals surface area (Å²) < 4.78 is 24.4. The third kappa shape index (κ3) is 1.70. The Balaban J connectivity index is 3.40. The summed E-state index contributed by atoms with van der Waals surface area (Å²) in [5.41, 5.74) is 3.37. The van der Waals surface area contributed by atoms with Gasteiger partial charge in [-0.25, -0.2) is 18.6 Å². The average molecular weight is 204 g/mol. The summed E-state index contributed by atoms with van der Waals surface area (Å²) in [6.07, 6.45) is -3.07. The number of carboxylic acids is 1. The molecule has 7 heteroatoms. The lowest BCUT2D eigenvalue weighted by Gasteiger charge is -2.06. The predicted molar refractivity (Wildman–Crippen MR) is 42.2 cm³/mol. The molecule has 1 rings (SSSR count). The highest BCUT2D eigenvalue weighted by Gasteiger charge is 2.22. The van der Waals surface area contributed by atoms with Crippen molar-refractivity contribution in [3.8, 4) is 5.75 Å². The Morgan fingerprint density at radius 3 is 2.57 bits per heavy atom. The van der Waals surface area contributed by atoms with E-state index < -0.39 is 29.4 Å². The molecule has 0 atom stereocenters. The average Bonchev–Trinajstić information content (AvgIpc) is 2.07. The first-order valence-electron chi connectivity index (χ1n) is 3.44. The fourth-order valence-electron chi connectivity index (χ4n) is 0.894. The van der Waals surface area contributed by atoms with Crippen LogP contribution in [-0.4, -0.2) is 21.2 Å². The van der Waals surface area contributed by atoms with E-state index in [1.54, 1.807) is 0 Å². The predicted octanol–water partition coefficient (Wildman–Crippen LogP) is 1.01. The Bertz CT molecular complexity index is 381. The van der Waals surface area contributed by atoms with Crippen LogP contribution in [0.25, 0.3) is 0 Å². The van der Waals surface area contributed by atoms with Gasteiger partial charge in [0.1, 0.15) is 11.4 Å². The van der Waals surface area contributed by atoms with Gasteiger partial charge in [-0.15, -0.1) is 0 Å². The molecule has 0 bridgehead atoms. The third-order valence-corrected chi connectivity index (χ3v) is 1.48. The normalized spacial score (nSPS) is 10.5. The molecule has 4 N–H and O–H groups in total. The molecule has 0 saturated carbocycles. The van der Waals surface area contributed by atoms with Crippen molar-refractivity contribution in [2.45, 2.75) is 6.43 Å². The molecular formula is C7H6F2N2O3. The lowest BCUT2D eigenvalue weighted by molar-refractivity contribution is 0.0692. The molecule has 1 aromatic heterocycles. The van der Waals surface area contributed by atoms with E-state index in [1.807, 2.05) is 0 Å². The van der Waals surface area contributed by atoms with Gasteiger partial charge in [-0.05, 0) is 6.07 Å². The number of halogens is 2. The van der Waals surface area contributed by atoms with Crippen LogP contribution in [0.4, 0.5) is 14.6 Å². The SMILES string of the molecule is Nc1cc(C(=O)O)c(O)c(C(F)F)n1. The third-order valence-electron chi connectivity index (χ3n) is 1.48. The van der Waals surface area contributed by atoms with E-state index in [0.29, 0.717) is 0 Å². The van der Waals surface area contributed by atoms with E-state index in [-0.39, 0.29) is 5.82 Å². The maximum atomic E-state index is 12.2. The Morgan fingerprint density at radius 1 is 1.57 bits per heavy atom. The van der Waals surface area contributed by atoms with Crippen molar-refractivity contribution in [2.24, 2.45) is 0 Å². The molecule has 0 aliphatic heterocycles. The minimum absolute atomic E-state index is 0.379. The van der Waals surface area contributed by atoms with Gasteiger partial charge in [-0.2, -0.15) is 0 Å². The van der Waals surface area contributed by atoms with Crippen LogP contribution in [0, 0.1) is 0 Å². The Labute approximate surface area is 76.8 Å². The fraction of sp³-hybridized carbons (Fsp3) is 0.143. The van der Waals surface area contributed by atoms with E-state index >= 15 is 0 Å². The molecular weight excluding hydrogens is 198 g/mol. The number of nitrogen functional groups attached to an aromatic ring is 1. The van der Waals surface area contributed by atoms with Crippen LogP contribution in [-0.2, 0) is 0 Å². The summed E-state index contributed by atoms with van der Waals surface area (Å²) in [5, 5.41) is 17.6. The molecule has 0 saturated heterocycles. The van der Waals surface area contributed by atoms with Crippen molar-refractivity contribution in [1.29, 1.82) is 0 Å². The monoisotopic (exact) mass is 204 g/mol. The number of hydrogen-bond donors (Lipinski definition) is 3. The van der Waals surface area contributed by atoms with Gasteiger partial charge in [0, 0.05) is 0 Å². The van der Waals surface area contributed by atoms with Crippen molar-refractivity contribution in [3.63, 3.8) is 0 Å². The van der Waals surface area contributed by atoms with Crippen LogP contribution in [0.2, 0.25) is 0 Å². The van der Waals surface area contributed by atoms with Crippen molar-refractivity contribution in [2.75, 3.05) is 5.73 Å². The zero-order valence-electron chi connectivity index (χ0n) is 6.74. The first-order chi connectivity index (χ1) is 6.43. The number of nitrogens with two attached hydrogens (primary N) is 1. The number of hydrogen-bond acceptors (Lipinski definition) is 4. The van der Waals surface area contributed by atoms with Gasteiger partial charge in [-0.1, -0.05) is 0 Å². The van der Waals surface area contributed by atoms with Crippen LogP contribution in [0.1, 0.15) is 22.5 Å². The molecule has 0 fully saturated rings. The fourth-order valence-corrected chi connectivity index (χ4v) is 0.894. The number of carboxylic acid groups (broad SMARTS) is 1. The number of anilines is 1. The summed E-state index contributed by atoms with van der Waals surface area (Å²) >= 11 is 0. The van der Waals surface area contributed by atoms with Gasteiger partial charge < -0.3 is 15.9 Å². The van der Waals surface area contributed by atoms with E-state index in [2.05, 4.69) is 4.98 Å². The summed E-state index contributed by atoms with van der Waals surface area (Å²) in [6, 6.07) is 0.809. The number of carbonyl (C=O) groups is 1. The highest BCUT2D eigenvalue weighted by molar-refractivity contribution is 5.91. The van der Waals surface area contributed by atoms with Gasteiger partial charge in [0.2, 0.25) is 0 Å². The van der Waals surface area contributed by atoms with Gasteiger partial charge in [0.15, 0.2) is 11.4 Å². The van der Waals surface area contributed by atoms with Crippen LogP contribution in [0.3, 0.4) is 0 Å². The Hall–Kier alpha value is -1.92. The summed E-state index contributed by atoms with van der Waals surface area (Å²) in [7, 11) is 0. The Kier molecular flexibility index (Phi) is 2.50. The summed E-state index contributed by atoms with van der Waals surface area (Å²) in [4.78, 5) is 13.6. The second-order valence-corrected chi connectivity index (χ2v) is 2.43. The first-order valence-corrected chi connectivity index (χ1v) is 3.44. The lowest BCUT2D eigenvalue weighted by atomic mass is 10.2. The molecule has 1 aromatic rings. The largest absolute Gasteiger partial charge is 0.505 e.